The van der Waals surface area contributed by atoms with Crippen molar-refractivity contribution in [3.8, 4) is 0 Å². The molecule has 1 aliphatic rings. The van der Waals surface area contributed by atoms with Crippen molar-refractivity contribution in [1.29, 1.82) is 0 Å². The van der Waals surface area contributed by atoms with Crippen molar-refractivity contribution in [1.82, 2.24) is 15.5 Å². The van der Waals surface area contributed by atoms with Gasteiger partial charge in [0.2, 0.25) is 0 Å². The molecule has 1 heterocycles. The summed E-state index contributed by atoms with van der Waals surface area (Å²) in [4.78, 5) is 6.95. The van der Waals surface area contributed by atoms with E-state index in [4.69, 9.17) is 16.3 Å². The summed E-state index contributed by atoms with van der Waals surface area (Å²) in [6, 6.07) is 7.31. The van der Waals surface area contributed by atoms with E-state index in [9.17, 15) is 5.11 Å². The molecule has 1 aromatic carbocycles. The van der Waals surface area contributed by atoms with Gasteiger partial charge in [-0.15, -0.1) is 24.0 Å². The standard InChI is InChI=1S/C20H33ClN4O2.HI/c1-4-22-20(24-12-19(26)17-7-5-6-8-18(17)21)23-11-16-14-25(9-10-27-16)13-15(2)3;/h5-8,15-16,19,26H,4,9-14H2,1-3H3,(H2,22,23,24);1H. The van der Waals surface area contributed by atoms with Crippen LogP contribution in [0.2, 0.25) is 5.02 Å². The maximum atomic E-state index is 10.4. The zero-order valence-corrected chi connectivity index (χ0v) is 20.1. The molecule has 0 aliphatic carbocycles. The Morgan fingerprint density at radius 1 is 1.36 bits per heavy atom. The third-order valence-electron chi connectivity index (χ3n) is 4.37. The molecule has 0 spiro atoms. The third-order valence-corrected chi connectivity index (χ3v) is 4.72. The van der Waals surface area contributed by atoms with Gasteiger partial charge in [0, 0.05) is 43.3 Å². The van der Waals surface area contributed by atoms with Crippen LogP contribution in [0.3, 0.4) is 0 Å². The molecule has 0 radical (unpaired) electrons. The van der Waals surface area contributed by atoms with E-state index in [0.29, 0.717) is 29.0 Å². The summed E-state index contributed by atoms with van der Waals surface area (Å²) in [6.45, 7) is 11.9. The highest BCUT2D eigenvalue weighted by molar-refractivity contribution is 14.0. The lowest BCUT2D eigenvalue weighted by Gasteiger charge is -2.34. The van der Waals surface area contributed by atoms with Gasteiger partial charge in [0.05, 0.1) is 19.3 Å². The fraction of sp³-hybridized carbons (Fsp3) is 0.650. The van der Waals surface area contributed by atoms with Crippen molar-refractivity contribution < 1.29 is 9.84 Å². The summed E-state index contributed by atoms with van der Waals surface area (Å²) in [5.74, 6) is 1.33. The monoisotopic (exact) mass is 524 g/mol. The number of hydrogen-bond donors (Lipinski definition) is 3. The molecule has 2 rings (SSSR count). The Kier molecular flexibility index (Phi) is 12.3. The maximum absolute atomic E-state index is 10.4. The zero-order chi connectivity index (χ0) is 19.6. The average Bonchev–Trinajstić information content (AvgIpc) is 2.64. The predicted octanol–water partition coefficient (Wildman–Crippen LogP) is 2.90. The summed E-state index contributed by atoms with van der Waals surface area (Å²) in [5.41, 5.74) is 0.693. The van der Waals surface area contributed by atoms with Crippen LogP contribution in [-0.2, 0) is 4.74 Å². The maximum Gasteiger partial charge on any atom is 0.191 e. The first-order valence-electron chi connectivity index (χ1n) is 9.78. The van der Waals surface area contributed by atoms with Crippen LogP contribution in [0, 0.1) is 5.92 Å². The molecule has 6 nitrogen and oxygen atoms in total. The van der Waals surface area contributed by atoms with Crippen molar-refractivity contribution >= 4 is 41.5 Å². The smallest absolute Gasteiger partial charge is 0.191 e. The van der Waals surface area contributed by atoms with Crippen LogP contribution in [-0.4, -0.2) is 67.9 Å². The molecule has 2 atom stereocenters. The molecule has 0 saturated carbocycles. The third kappa shape index (κ3) is 8.82. The van der Waals surface area contributed by atoms with Crippen molar-refractivity contribution in [2.24, 2.45) is 10.9 Å². The first-order valence-corrected chi connectivity index (χ1v) is 10.2. The SMILES string of the molecule is CCNC(=NCC(O)c1ccccc1Cl)NCC1CN(CC(C)C)CCO1.I. The van der Waals surface area contributed by atoms with Crippen molar-refractivity contribution in [2.45, 2.75) is 33.0 Å². The van der Waals surface area contributed by atoms with E-state index < -0.39 is 6.10 Å². The number of nitrogens with zero attached hydrogens (tertiary/aromatic N) is 2. The van der Waals surface area contributed by atoms with Gasteiger partial charge in [0.25, 0.3) is 0 Å². The topological polar surface area (TPSA) is 69.1 Å². The Morgan fingerprint density at radius 2 is 2.11 bits per heavy atom. The second-order valence-electron chi connectivity index (χ2n) is 7.28. The second-order valence-corrected chi connectivity index (χ2v) is 7.69. The van der Waals surface area contributed by atoms with Gasteiger partial charge in [0.1, 0.15) is 6.10 Å². The van der Waals surface area contributed by atoms with Gasteiger partial charge in [-0.2, -0.15) is 0 Å². The molecule has 160 valence electrons. The number of morpholine rings is 1. The Labute approximate surface area is 191 Å². The molecule has 0 bridgehead atoms. The van der Waals surface area contributed by atoms with Crippen LogP contribution in [0.4, 0.5) is 0 Å². The number of hydrogen-bond acceptors (Lipinski definition) is 4. The summed E-state index contributed by atoms with van der Waals surface area (Å²) < 4.78 is 5.88. The van der Waals surface area contributed by atoms with Crippen LogP contribution in [0.1, 0.15) is 32.4 Å². The lowest BCUT2D eigenvalue weighted by molar-refractivity contribution is -0.0284. The highest BCUT2D eigenvalue weighted by Gasteiger charge is 2.21. The molecule has 8 heteroatoms. The van der Waals surface area contributed by atoms with E-state index in [1.54, 1.807) is 6.07 Å². The van der Waals surface area contributed by atoms with Gasteiger partial charge in [-0.05, 0) is 18.9 Å². The second kappa shape index (κ2) is 13.6. The van der Waals surface area contributed by atoms with Crippen molar-refractivity contribution in [2.75, 3.05) is 45.9 Å². The van der Waals surface area contributed by atoms with E-state index in [1.807, 2.05) is 25.1 Å². The first kappa shape index (κ1) is 25.4. The number of aliphatic hydroxyl groups is 1. The Hall–Kier alpha value is -0.610. The van der Waals surface area contributed by atoms with Crippen LogP contribution in [0.15, 0.2) is 29.3 Å². The molecular formula is C20H34ClIN4O2. The molecule has 1 fully saturated rings. The number of nitrogens with one attached hydrogen (secondary N) is 2. The van der Waals surface area contributed by atoms with Gasteiger partial charge in [-0.1, -0.05) is 43.6 Å². The van der Waals surface area contributed by atoms with Gasteiger partial charge < -0.3 is 20.5 Å². The quantitative estimate of drug-likeness (QED) is 0.277. The van der Waals surface area contributed by atoms with Gasteiger partial charge in [-0.25, -0.2) is 0 Å². The molecule has 1 saturated heterocycles. The summed E-state index contributed by atoms with van der Waals surface area (Å²) >= 11 is 6.15. The number of aliphatic hydroxyl groups excluding tert-OH is 1. The number of rotatable bonds is 8. The summed E-state index contributed by atoms with van der Waals surface area (Å²) in [6.07, 6.45) is -0.600. The minimum absolute atomic E-state index is 0. The Balaban J connectivity index is 0.00000392. The zero-order valence-electron chi connectivity index (χ0n) is 17.0. The lowest BCUT2D eigenvalue weighted by atomic mass is 10.1. The molecule has 0 amide bonds. The number of halogens is 2. The van der Waals surface area contributed by atoms with Gasteiger partial charge in [0.15, 0.2) is 5.96 Å². The molecule has 0 aromatic heterocycles. The Morgan fingerprint density at radius 3 is 2.79 bits per heavy atom. The predicted molar refractivity (Wildman–Crippen MR) is 127 cm³/mol. The highest BCUT2D eigenvalue weighted by atomic mass is 127. The highest BCUT2D eigenvalue weighted by Crippen LogP contribution is 2.22. The molecular weight excluding hydrogens is 491 g/mol. The lowest BCUT2D eigenvalue weighted by Crippen LogP contribution is -2.50. The Bertz CT molecular complexity index is 603. The summed E-state index contributed by atoms with van der Waals surface area (Å²) in [7, 11) is 0. The number of guanidine groups is 1. The van der Waals surface area contributed by atoms with Crippen molar-refractivity contribution in [3.05, 3.63) is 34.9 Å². The number of ether oxygens (including phenoxy) is 1. The first-order chi connectivity index (χ1) is 13.0. The summed E-state index contributed by atoms with van der Waals surface area (Å²) in [5, 5.41) is 17.5. The molecule has 28 heavy (non-hydrogen) atoms. The molecule has 3 N–H and O–H groups in total. The fourth-order valence-electron chi connectivity index (χ4n) is 3.16. The number of aliphatic imine (C=N–C) groups is 1. The molecule has 2 unspecified atom stereocenters. The molecule has 1 aliphatic heterocycles. The normalized spacial score (nSPS) is 19.2. The van der Waals surface area contributed by atoms with E-state index in [-0.39, 0.29) is 36.6 Å². The van der Waals surface area contributed by atoms with E-state index in [0.717, 1.165) is 32.8 Å². The largest absolute Gasteiger partial charge is 0.386 e. The molecule has 1 aromatic rings. The average molecular weight is 525 g/mol. The van der Waals surface area contributed by atoms with Gasteiger partial charge >= 0.3 is 0 Å². The van der Waals surface area contributed by atoms with Crippen LogP contribution in [0.25, 0.3) is 0 Å². The van der Waals surface area contributed by atoms with Crippen LogP contribution < -0.4 is 10.6 Å². The van der Waals surface area contributed by atoms with Crippen molar-refractivity contribution in [3.63, 3.8) is 0 Å². The minimum Gasteiger partial charge on any atom is -0.386 e. The minimum atomic E-state index is -0.735. The van der Waals surface area contributed by atoms with E-state index >= 15 is 0 Å². The van der Waals surface area contributed by atoms with E-state index in [2.05, 4.69) is 34.4 Å². The van der Waals surface area contributed by atoms with Crippen LogP contribution >= 0.6 is 35.6 Å². The number of benzene rings is 1. The van der Waals surface area contributed by atoms with E-state index in [1.165, 1.54) is 0 Å². The fourth-order valence-corrected chi connectivity index (χ4v) is 3.42. The van der Waals surface area contributed by atoms with Crippen LogP contribution in [0.5, 0.6) is 0 Å². The van der Waals surface area contributed by atoms with Gasteiger partial charge in [-0.3, -0.25) is 9.89 Å².